The Hall–Kier alpha value is -1.59. The summed E-state index contributed by atoms with van der Waals surface area (Å²) in [5, 5.41) is 2.02. The summed E-state index contributed by atoms with van der Waals surface area (Å²) < 4.78 is 14.6. The van der Waals surface area contributed by atoms with Gasteiger partial charge in [-0.3, -0.25) is 0 Å². The van der Waals surface area contributed by atoms with Crippen molar-refractivity contribution in [3.63, 3.8) is 0 Å². The summed E-state index contributed by atoms with van der Waals surface area (Å²) >= 11 is 0. The average molecular weight is 341 g/mol. The summed E-state index contributed by atoms with van der Waals surface area (Å²) in [6, 6.07) is 9.48. The second-order valence-electron chi connectivity index (χ2n) is 7.74. The van der Waals surface area contributed by atoms with Crippen molar-refractivity contribution < 1.29 is 4.39 Å². The minimum atomic E-state index is -1.87. The molecule has 2 heteroatoms. The van der Waals surface area contributed by atoms with Crippen LogP contribution in [0.15, 0.2) is 30.3 Å². The normalized spacial score (nSPS) is 12.1. The fraction of sp³-hybridized carbons (Fsp3) is 0.455. The highest BCUT2D eigenvalue weighted by molar-refractivity contribution is 6.90. The molecule has 0 amide bonds. The van der Waals surface area contributed by atoms with Crippen LogP contribution in [-0.2, 0) is 0 Å². The zero-order valence-corrected chi connectivity index (χ0v) is 17.0. The molecule has 2 aromatic rings. The van der Waals surface area contributed by atoms with E-state index in [4.69, 9.17) is 0 Å². The lowest BCUT2D eigenvalue weighted by atomic mass is 10.00. The first kappa shape index (κ1) is 18.7. The maximum Gasteiger partial charge on any atom is 0.146 e. The summed E-state index contributed by atoms with van der Waals surface area (Å²) in [4.78, 5) is 0. The minimum Gasteiger partial charge on any atom is -0.206 e. The number of rotatable bonds is 3. The fourth-order valence-electron chi connectivity index (χ4n) is 4.26. The van der Waals surface area contributed by atoms with E-state index in [9.17, 15) is 4.39 Å². The zero-order valence-electron chi connectivity index (χ0n) is 16.0. The molecule has 0 bridgehead atoms. The van der Waals surface area contributed by atoms with Gasteiger partial charge in [0, 0.05) is 5.39 Å². The van der Waals surface area contributed by atoms with Crippen LogP contribution in [0.2, 0.25) is 16.6 Å². The molecule has 24 heavy (non-hydrogen) atoms. The third-order valence-electron chi connectivity index (χ3n) is 5.47. The first-order valence-electron chi connectivity index (χ1n) is 8.92. The van der Waals surface area contributed by atoms with Gasteiger partial charge in [0.05, 0.1) is 5.56 Å². The Morgan fingerprint density at radius 1 is 0.875 bits per heavy atom. The Morgan fingerprint density at radius 2 is 1.46 bits per heavy atom. The second kappa shape index (κ2) is 7.11. The molecule has 0 aromatic heterocycles. The molecule has 0 spiro atoms. The van der Waals surface area contributed by atoms with Crippen LogP contribution in [0.5, 0.6) is 0 Å². The smallest absolute Gasteiger partial charge is 0.146 e. The summed E-state index contributed by atoms with van der Waals surface area (Å²) in [6.07, 6.45) is 0. The minimum absolute atomic E-state index is 0.205. The molecule has 2 aromatic carbocycles. The number of fused-ring (bicyclic) bond motifs is 1. The van der Waals surface area contributed by atoms with Crippen LogP contribution in [-0.4, -0.2) is 8.07 Å². The molecule has 0 saturated heterocycles. The van der Waals surface area contributed by atoms with Gasteiger partial charge in [-0.25, -0.2) is 4.39 Å². The summed E-state index contributed by atoms with van der Waals surface area (Å²) in [7, 11) is -1.87. The van der Waals surface area contributed by atoms with Crippen molar-refractivity contribution >= 4 is 18.8 Å². The zero-order chi connectivity index (χ0) is 18.1. The van der Waals surface area contributed by atoms with E-state index in [1.807, 2.05) is 31.2 Å². The van der Waals surface area contributed by atoms with Crippen LogP contribution < -0.4 is 0 Å². The van der Waals surface area contributed by atoms with Gasteiger partial charge < -0.3 is 0 Å². The summed E-state index contributed by atoms with van der Waals surface area (Å²) in [5.41, 5.74) is 6.95. The second-order valence-corrected chi connectivity index (χ2v) is 13.3. The van der Waals surface area contributed by atoms with E-state index in [1.165, 1.54) is 0 Å². The molecule has 2 rings (SSSR count). The van der Waals surface area contributed by atoms with Crippen LogP contribution in [0.4, 0.5) is 4.39 Å². The number of halogens is 1. The Morgan fingerprint density at radius 3 is 2.00 bits per heavy atom. The summed E-state index contributed by atoms with van der Waals surface area (Å²) in [5.74, 6) is 3.11. The van der Waals surface area contributed by atoms with Crippen molar-refractivity contribution in [2.75, 3.05) is 0 Å². The lowest BCUT2D eigenvalue weighted by Crippen LogP contribution is -2.43. The molecule has 0 saturated carbocycles. The number of hydrogen-bond donors (Lipinski definition) is 0. The molecule has 0 aliphatic carbocycles. The van der Waals surface area contributed by atoms with Gasteiger partial charge in [0.25, 0.3) is 0 Å². The molecular weight excluding hydrogens is 311 g/mol. The van der Waals surface area contributed by atoms with Gasteiger partial charge in [-0.15, -0.1) is 5.54 Å². The Labute approximate surface area is 147 Å². The van der Waals surface area contributed by atoms with Gasteiger partial charge in [0.15, 0.2) is 0 Å². The predicted octanol–water partition coefficient (Wildman–Crippen LogP) is 6.86. The van der Waals surface area contributed by atoms with Crippen LogP contribution in [0, 0.1) is 24.2 Å². The molecule has 0 fully saturated rings. The molecule has 0 unspecified atom stereocenters. The number of benzene rings is 2. The summed E-state index contributed by atoms with van der Waals surface area (Å²) in [6.45, 7) is 15.7. The van der Waals surface area contributed by atoms with Crippen LogP contribution in [0.1, 0.15) is 52.7 Å². The lowest BCUT2D eigenvalue weighted by molar-refractivity contribution is 0.626. The van der Waals surface area contributed by atoms with E-state index in [0.717, 1.165) is 16.3 Å². The van der Waals surface area contributed by atoms with E-state index >= 15 is 0 Å². The van der Waals surface area contributed by atoms with Crippen molar-refractivity contribution in [2.24, 2.45) is 0 Å². The molecule has 0 nitrogen and oxygen atoms in total. The fourth-order valence-corrected chi connectivity index (χ4v) is 9.47. The van der Waals surface area contributed by atoms with E-state index in [0.29, 0.717) is 22.2 Å². The maximum absolute atomic E-state index is 14.6. The van der Waals surface area contributed by atoms with Crippen molar-refractivity contribution in [3.8, 4) is 11.5 Å². The van der Waals surface area contributed by atoms with Crippen LogP contribution >= 0.6 is 0 Å². The quantitative estimate of drug-likeness (QED) is 0.423. The Balaban J connectivity index is 2.74. The van der Waals surface area contributed by atoms with Crippen LogP contribution in [0.25, 0.3) is 10.8 Å². The molecule has 0 radical (unpaired) electrons. The Bertz CT molecular complexity index is 769. The first-order valence-corrected chi connectivity index (χ1v) is 11.2. The van der Waals surface area contributed by atoms with Crippen molar-refractivity contribution in [1.29, 1.82) is 0 Å². The van der Waals surface area contributed by atoms with E-state index in [1.54, 1.807) is 6.07 Å². The molecule has 0 aliphatic rings. The van der Waals surface area contributed by atoms with Crippen molar-refractivity contribution in [3.05, 3.63) is 47.3 Å². The number of hydrogen-bond acceptors (Lipinski definition) is 0. The third-order valence-corrected chi connectivity index (χ3v) is 11.8. The van der Waals surface area contributed by atoms with Gasteiger partial charge in [0.2, 0.25) is 0 Å². The Kier molecular flexibility index (Phi) is 5.55. The lowest BCUT2D eigenvalue weighted by Gasteiger charge is -2.38. The predicted molar refractivity (Wildman–Crippen MR) is 107 cm³/mol. The molecule has 0 heterocycles. The van der Waals surface area contributed by atoms with Gasteiger partial charge in [-0.2, -0.15) is 0 Å². The molecule has 128 valence electrons. The number of aryl methyl sites for hydroxylation is 1. The van der Waals surface area contributed by atoms with Gasteiger partial charge in [-0.05, 0) is 40.6 Å². The molecule has 0 aliphatic heterocycles. The first-order chi connectivity index (χ1) is 11.2. The molecule has 0 N–H and O–H groups in total. The molecule has 0 atom stereocenters. The largest absolute Gasteiger partial charge is 0.206 e. The van der Waals surface area contributed by atoms with Crippen molar-refractivity contribution in [2.45, 2.75) is 65.1 Å². The highest BCUT2D eigenvalue weighted by Crippen LogP contribution is 2.41. The van der Waals surface area contributed by atoms with Gasteiger partial charge >= 0.3 is 0 Å². The van der Waals surface area contributed by atoms with E-state index in [2.05, 4.69) is 53.0 Å². The topological polar surface area (TPSA) is 0 Å². The van der Waals surface area contributed by atoms with Gasteiger partial charge in [-0.1, -0.05) is 71.7 Å². The highest BCUT2D eigenvalue weighted by atomic mass is 28.3. The maximum atomic E-state index is 14.6. The molecular formula is C22H29FSi. The SMILES string of the molecule is Cc1cccc2ccc(F)c(C#C[Si](C(C)C)(C(C)C)C(C)C)c12. The van der Waals surface area contributed by atoms with Crippen LogP contribution in [0.3, 0.4) is 0 Å². The van der Waals surface area contributed by atoms with Gasteiger partial charge in [0.1, 0.15) is 13.9 Å². The van der Waals surface area contributed by atoms with E-state index in [-0.39, 0.29) is 5.82 Å². The van der Waals surface area contributed by atoms with E-state index < -0.39 is 8.07 Å². The highest BCUT2D eigenvalue weighted by Gasteiger charge is 2.41. The standard InChI is InChI=1S/C22H29FSi/c1-15(2)24(16(3)4,17(5)6)14-13-20-21(23)12-11-19-10-8-9-18(7)22(19)20/h8-12,15-17H,1-7H3. The third kappa shape index (κ3) is 3.15. The monoisotopic (exact) mass is 340 g/mol. The van der Waals surface area contributed by atoms with Crippen molar-refractivity contribution in [1.82, 2.24) is 0 Å². The average Bonchev–Trinajstić information content (AvgIpc) is 2.49.